The average Bonchev–Trinajstić information content (AvgIpc) is 3.09. The molecule has 1 heterocycles. The third kappa shape index (κ3) is 5.72. The number of esters is 1. The molecule has 0 N–H and O–H groups in total. The molecule has 9 heteroatoms. The standard InChI is InChI=1S/C23H26N2O5S2/c1-4-30-22(27)15-25-19-11-10-17(16(2)3)14-20(19)31-23(25)24-21(26)12-13-32(28,29)18-8-6-5-7-9-18/h5-11,14,16H,4,12-13,15H2,1-3H3. The van der Waals surface area contributed by atoms with Gasteiger partial charge in [0.2, 0.25) is 5.91 Å². The molecule has 0 radical (unpaired) electrons. The van der Waals surface area contributed by atoms with Crippen LogP contribution in [0.5, 0.6) is 0 Å². The largest absolute Gasteiger partial charge is 0.465 e. The van der Waals surface area contributed by atoms with Gasteiger partial charge < -0.3 is 9.30 Å². The molecule has 32 heavy (non-hydrogen) atoms. The molecule has 0 bridgehead atoms. The van der Waals surface area contributed by atoms with E-state index < -0.39 is 21.7 Å². The van der Waals surface area contributed by atoms with Crippen LogP contribution in [0, 0.1) is 0 Å². The van der Waals surface area contributed by atoms with Gasteiger partial charge in [0.1, 0.15) is 6.54 Å². The Balaban J connectivity index is 1.92. The van der Waals surface area contributed by atoms with Crippen LogP contribution in [-0.2, 0) is 30.7 Å². The molecule has 1 aromatic heterocycles. The number of thiazole rings is 1. The van der Waals surface area contributed by atoms with Gasteiger partial charge in [0, 0.05) is 6.42 Å². The van der Waals surface area contributed by atoms with E-state index in [2.05, 4.69) is 18.8 Å². The summed E-state index contributed by atoms with van der Waals surface area (Å²) < 4.78 is 32.5. The maximum atomic E-state index is 12.6. The summed E-state index contributed by atoms with van der Waals surface area (Å²) in [5.41, 5.74) is 1.91. The van der Waals surface area contributed by atoms with Crippen LogP contribution < -0.4 is 4.80 Å². The summed E-state index contributed by atoms with van der Waals surface area (Å²) in [7, 11) is -3.58. The molecule has 0 fully saturated rings. The number of rotatable bonds is 8. The SMILES string of the molecule is CCOC(=O)Cn1c(=NC(=O)CCS(=O)(=O)c2ccccc2)sc2cc(C(C)C)ccc21. The second-order valence-electron chi connectivity index (χ2n) is 7.55. The van der Waals surface area contributed by atoms with Crippen LogP contribution in [0.25, 0.3) is 10.2 Å². The maximum Gasteiger partial charge on any atom is 0.326 e. The van der Waals surface area contributed by atoms with E-state index in [1.165, 1.54) is 23.5 Å². The van der Waals surface area contributed by atoms with Crippen molar-refractivity contribution < 1.29 is 22.7 Å². The number of carbonyl (C=O) groups excluding carboxylic acids is 2. The summed E-state index contributed by atoms with van der Waals surface area (Å²) in [6.45, 7) is 6.07. The van der Waals surface area contributed by atoms with Crippen LogP contribution in [0.3, 0.4) is 0 Å². The van der Waals surface area contributed by atoms with Crippen molar-refractivity contribution in [3.05, 3.63) is 58.9 Å². The van der Waals surface area contributed by atoms with E-state index in [0.717, 1.165) is 15.8 Å². The molecule has 3 rings (SSSR count). The van der Waals surface area contributed by atoms with Crippen molar-refractivity contribution >= 4 is 43.3 Å². The van der Waals surface area contributed by atoms with Crippen molar-refractivity contribution in [2.45, 2.75) is 44.6 Å². The third-order valence-corrected chi connectivity index (χ3v) is 7.65. The van der Waals surface area contributed by atoms with E-state index in [1.54, 1.807) is 29.7 Å². The van der Waals surface area contributed by atoms with Gasteiger partial charge in [-0.25, -0.2) is 8.42 Å². The monoisotopic (exact) mass is 474 g/mol. The molecule has 0 aliphatic heterocycles. The van der Waals surface area contributed by atoms with Gasteiger partial charge >= 0.3 is 5.97 Å². The van der Waals surface area contributed by atoms with Crippen molar-refractivity contribution in [1.82, 2.24) is 4.57 Å². The fraction of sp³-hybridized carbons (Fsp3) is 0.348. The van der Waals surface area contributed by atoms with Crippen molar-refractivity contribution in [1.29, 1.82) is 0 Å². The highest BCUT2D eigenvalue weighted by atomic mass is 32.2. The smallest absolute Gasteiger partial charge is 0.326 e. The van der Waals surface area contributed by atoms with E-state index in [0.29, 0.717) is 10.7 Å². The number of sulfone groups is 1. The highest BCUT2D eigenvalue weighted by Gasteiger charge is 2.17. The summed E-state index contributed by atoms with van der Waals surface area (Å²) >= 11 is 1.29. The second kappa shape index (κ2) is 10.2. The Hall–Kier alpha value is -2.78. The van der Waals surface area contributed by atoms with Gasteiger partial charge in [0.05, 0.1) is 27.5 Å². The molecule has 0 atom stereocenters. The molecule has 0 aliphatic rings. The van der Waals surface area contributed by atoms with Crippen LogP contribution in [-0.4, -0.2) is 37.2 Å². The minimum atomic E-state index is -3.58. The molecule has 0 aliphatic carbocycles. The molecule has 0 saturated carbocycles. The summed E-state index contributed by atoms with van der Waals surface area (Å²) in [5.74, 6) is -0.997. The molecule has 0 spiro atoms. The van der Waals surface area contributed by atoms with Gasteiger partial charge in [0.15, 0.2) is 14.6 Å². The average molecular weight is 475 g/mol. The highest BCUT2D eigenvalue weighted by Crippen LogP contribution is 2.23. The molecule has 1 amide bonds. The molecular formula is C23H26N2O5S2. The minimum Gasteiger partial charge on any atom is -0.465 e. The number of fused-ring (bicyclic) bond motifs is 1. The van der Waals surface area contributed by atoms with E-state index in [1.807, 2.05) is 18.2 Å². The predicted molar refractivity (Wildman–Crippen MR) is 124 cm³/mol. The molecule has 0 unspecified atom stereocenters. The van der Waals surface area contributed by atoms with Crippen LogP contribution in [0.2, 0.25) is 0 Å². The molecule has 170 valence electrons. The van der Waals surface area contributed by atoms with Gasteiger partial charge in [-0.05, 0) is 42.7 Å². The first-order valence-electron chi connectivity index (χ1n) is 10.4. The molecule has 2 aromatic carbocycles. The zero-order valence-electron chi connectivity index (χ0n) is 18.3. The number of benzene rings is 2. The number of nitrogens with zero attached hydrogens (tertiary/aromatic N) is 2. The number of hydrogen-bond donors (Lipinski definition) is 0. The number of amides is 1. The third-order valence-electron chi connectivity index (χ3n) is 4.87. The van der Waals surface area contributed by atoms with Crippen LogP contribution in [0.15, 0.2) is 58.4 Å². The van der Waals surface area contributed by atoms with Crippen LogP contribution in [0.1, 0.15) is 38.7 Å². The number of carbonyl (C=O) groups is 2. The number of ether oxygens (including phenoxy) is 1. The van der Waals surface area contributed by atoms with E-state index in [-0.39, 0.29) is 30.2 Å². The summed E-state index contributed by atoms with van der Waals surface area (Å²) in [5, 5.41) is 0. The maximum absolute atomic E-state index is 12.6. The summed E-state index contributed by atoms with van der Waals surface area (Å²) in [4.78, 5) is 29.4. The van der Waals surface area contributed by atoms with Crippen LogP contribution >= 0.6 is 11.3 Å². The van der Waals surface area contributed by atoms with Crippen molar-refractivity contribution in [2.75, 3.05) is 12.4 Å². The van der Waals surface area contributed by atoms with Gasteiger partial charge in [-0.1, -0.05) is 49.4 Å². The van der Waals surface area contributed by atoms with E-state index in [4.69, 9.17) is 4.74 Å². The van der Waals surface area contributed by atoms with Gasteiger partial charge in [-0.15, -0.1) is 0 Å². The Morgan fingerprint density at radius 3 is 2.50 bits per heavy atom. The first kappa shape index (κ1) is 23.9. The molecule has 0 saturated heterocycles. The number of hydrogen-bond acceptors (Lipinski definition) is 6. The molecular weight excluding hydrogens is 448 g/mol. The van der Waals surface area contributed by atoms with Crippen molar-refractivity contribution in [2.24, 2.45) is 4.99 Å². The minimum absolute atomic E-state index is 0.0801. The topological polar surface area (TPSA) is 94.8 Å². The number of aromatic nitrogens is 1. The van der Waals surface area contributed by atoms with Crippen molar-refractivity contribution in [3.63, 3.8) is 0 Å². The lowest BCUT2D eigenvalue weighted by molar-refractivity contribution is -0.143. The van der Waals surface area contributed by atoms with Crippen LogP contribution in [0.4, 0.5) is 0 Å². The summed E-state index contributed by atoms with van der Waals surface area (Å²) in [6, 6.07) is 13.9. The second-order valence-corrected chi connectivity index (χ2v) is 10.7. The fourth-order valence-electron chi connectivity index (χ4n) is 3.15. The normalized spacial score (nSPS) is 12.4. The van der Waals surface area contributed by atoms with Gasteiger partial charge in [0.25, 0.3) is 0 Å². The lowest BCUT2D eigenvalue weighted by Crippen LogP contribution is -2.23. The highest BCUT2D eigenvalue weighted by molar-refractivity contribution is 7.91. The van der Waals surface area contributed by atoms with Gasteiger partial charge in [-0.3, -0.25) is 9.59 Å². The Kier molecular flexibility index (Phi) is 7.63. The quantitative estimate of drug-likeness (QED) is 0.464. The van der Waals surface area contributed by atoms with E-state index >= 15 is 0 Å². The Morgan fingerprint density at radius 2 is 1.84 bits per heavy atom. The lowest BCUT2D eigenvalue weighted by atomic mass is 10.0. The Morgan fingerprint density at radius 1 is 1.12 bits per heavy atom. The van der Waals surface area contributed by atoms with E-state index in [9.17, 15) is 18.0 Å². The molecule has 3 aromatic rings. The fourth-order valence-corrected chi connectivity index (χ4v) is 5.50. The summed E-state index contributed by atoms with van der Waals surface area (Å²) in [6.07, 6.45) is -0.248. The predicted octanol–water partition coefficient (Wildman–Crippen LogP) is 3.68. The Bertz CT molecular complexity index is 1290. The van der Waals surface area contributed by atoms with Crippen molar-refractivity contribution in [3.8, 4) is 0 Å². The Labute approximate surface area is 191 Å². The lowest BCUT2D eigenvalue weighted by Gasteiger charge is -2.07. The first-order valence-corrected chi connectivity index (χ1v) is 12.8. The molecule has 7 nitrogen and oxygen atoms in total. The zero-order valence-corrected chi connectivity index (χ0v) is 19.9. The van der Waals surface area contributed by atoms with Gasteiger partial charge in [-0.2, -0.15) is 4.99 Å². The zero-order chi connectivity index (χ0) is 23.3. The first-order chi connectivity index (χ1) is 15.2.